The summed E-state index contributed by atoms with van der Waals surface area (Å²) >= 11 is 5.11. The lowest BCUT2D eigenvalue weighted by molar-refractivity contribution is -0.125. The largest absolute Gasteiger partial charge is 0.357 e. The maximum Gasteiger partial charge on any atom is 0.241 e. The summed E-state index contributed by atoms with van der Waals surface area (Å²) in [6, 6.07) is 9.98. The first kappa shape index (κ1) is 13.8. The molecule has 0 aliphatic heterocycles. The molecule has 102 valence electrons. The minimum Gasteiger partial charge on any atom is -0.357 e. The number of nitrogens with one attached hydrogen (secondary N) is 3. The number of hydrogen-bond acceptors (Lipinski definition) is 2. The molecule has 0 saturated heterocycles. The summed E-state index contributed by atoms with van der Waals surface area (Å²) in [6.07, 6.45) is 4.26. The highest BCUT2D eigenvalue weighted by atomic mass is 32.1. The van der Waals surface area contributed by atoms with Gasteiger partial charge in [0.05, 0.1) is 0 Å². The highest BCUT2D eigenvalue weighted by Crippen LogP contribution is 2.24. The Morgan fingerprint density at radius 1 is 1.16 bits per heavy atom. The maximum atomic E-state index is 11.8. The van der Waals surface area contributed by atoms with Gasteiger partial charge in [0, 0.05) is 12.5 Å². The summed E-state index contributed by atoms with van der Waals surface area (Å²) in [4.78, 5) is 11.8. The van der Waals surface area contributed by atoms with Crippen LogP contribution in [0, 0.1) is 5.92 Å². The zero-order valence-corrected chi connectivity index (χ0v) is 11.6. The molecule has 0 radical (unpaired) electrons. The number of hydrogen-bond donors (Lipinski definition) is 3. The highest BCUT2D eigenvalue weighted by molar-refractivity contribution is 7.80. The quantitative estimate of drug-likeness (QED) is 0.583. The topological polar surface area (TPSA) is 53.2 Å². The van der Waals surface area contributed by atoms with Gasteiger partial charge in [0.25, 0.3) is 0 Å². The molecule has 1 fully saturated rings. The van der Waals surface area contributed by atoms with Gasteiger partial charge in [0.15, 0.2) is 5.11 Å². The van der Waals surface area contributed by atoms with E-state index in [1.165, 1.54) is 0 Å². The Balaban J connectivity index is 1.65. The van der Waals surface area contributed by atoms with E-state index < -0.39 is 0 Å². The fraction of sp³-hybridized carbons (Fsp3) is 0.429. The van der Waals surface area contributed by atoms with Crippen molar-refractivity contribution in [3.63, 3.8) is 0 Å². The van der Waals surface area contributed by atoms with Crippen LogP contribution in [0.5, 0.6) is 0 Å². The van der Waals surface area contributed by atoms with Crippen molar-refractivity contribution in [2.75, 3.05) is 0 Å². The van der Waals surface area contributed by atoms with Gasteiger partial charge in [-0.3, -0.25) is 15.6 Å². The smallest absolute Gasteiger partial charge is 0.241 e. The van der Waals surface area contributed by atoms with E-state index in [9.17, 15) is 4.79 Å². The molecule has 0 unspecified atom stereocenters. The molecule has 0 aromatic heterocycles. The number of amides is 1. The van der Waals surface area contributed by atoms with Gasteiger partial charge in [-0.1, -0.05) is 43.2 Å². The third kappa shape index (κ3) is 4.52. The van der Waals surface area contributed by atoms with E-state index in [-0.39, 0.29) is 11.8 Å². The lowest BCUT2D eigenvalue weighted by atomic mass is 10.1. The van der Waals surface area contributed by atoms with Gasteiger partial charge in [-0.05, 0) is 30.6 Å². The van der Waals surface area contributed by atoms with Crippen LogP contribution in [0.4, 0.5) is 0 Å². The van der Waals surface area contributed by atoms with Gasteiger partial charge in [-0.15, -0.1) is 0 Å². The summed E-state index contributed by atoms with van der Waals surface area (Å²) in [5, 5.41) is 3.49. The van der Waals surface area contributed by atoms with Crippen LogP contribution >= 0.6 is 12.2 Å². The predicted octanol–water partition coefficient (Wildman–Crippen LogP) is 1.87. The van der Waals surface area contributed by atoms with E-state index in [0.29, 0.717) is 11.7 Å². The van der Waals surface area contributed by atoms with Crippen molar-refractivity contribution in [2.24, 2.45) is 5.92 Å². The number of rotatable bonds is 3. The van der Waals surface area contributed by atoms with Crippen molar-refractivity contribution in [3.8, 4) is 0 Å². The van der Waals surface area contributed by atoms with Gasteiger partial charge >= 0.3 is 0 Å². The van der Waals surface area contributed by atoms with E-state index in [2.05, 4.69) is 16.2 Å². The van der Waals surface area contributed by atoms with Crippen molar-refractivity contribution in [1.82, 2.24) is 16.2 Å². The Hall–Kier alpha value is -1.62. The first-order valence-electron chi connectivity index (χ1n) is 6.63. The first-order chi connectivity index (χ1) is 9.25. The zero-order valence-electron chi connectivity index (χ0n) is 10.8. The third-order valence-corrected chi connectivity index (χ3v) is 3.57. The first-order valence-corrected chi connectivity index (χ1v) is 7.04. The van der Waals surface area contributed by atoms with Gasteiger partial charge in [0.1, 0.15) is 0 Å². The number of thiocarbonyl (C=S) groups is 1. The number of carbonyl (C=O) groups is 1. The standard InChI is InChI=1S/C14H19N3OS/c18-13(12-8-4-5-9-12)16-17-14(19)15-10-11-6-2-1-3-7-11/h1-3,6-7,12H,4-5,8-10H2,(H,16,18)(H2,15,17,19). The van der Waals surface area contributed by atoms with E-state index in [1.807, 2.05) is 30.3 Å². The Labute approximate surface area is 118 Å². The molecule has 1 aliphatic carbocycles. The van der Waals surface area contributed by atoms with Crippen molar-refractivity contribution in [1.29, 1.82) is 0 Å². The minimum absolute atomic E-state index is 0.0429. The number of benzene rings is 1. The van der Waals surface area contributed by atoms with Crippen LogP contribution in [0.3, 0.4) is 0 Å². The van der Waals surface area contributed by atoms with Gasteiger partial charge < -0.3 is 5.32 Å². The van der Waals surface area contributed by atoms with Crippen molar-refractivity contribution >= 4 is 23.2 Å². The second-order valence-electron chi connectivity index (χ2n) is 4.76. The molecular formula is C14H19N3OS. The Bertz CT molecular complexity index is 430. The van der Waals surface area contributed by atoms with Gasteiger partial charge in [-0.2, -0.15) is 0 Å². The average molecular weight is 277 g/mol. The number of hydrazine groups is 1. The molecule has 1 amide bonds. The summed E-state index contributed by atoms with van der Waals surface area (Å²) in [6.45, 7) is 0.645. The fourth-order valence-electron chi connectivity index (χ4n) is 2.23. The molecule has 0 atom stereocenters. The lowest BCUT2D eigenvalue weighted by Gasteiger charge is -2.14. The summed E-state index contributed by atoms with van der Waals surface area (Å²) in [5.74, 6) is 0.186. The molecule has 19 heavy (non-hydrogen) atoms. The molecule has 1 aromatic carbocycles. The molecule has 2 rings (SSSR count). The average Bonchev–Trinajstić information content (AvgIpc) is 2.98. The van der Waals surface area contributed by atoms with Crippen LogP contribution in [-0.2, 0) is 11.3 Å². The highest BCUT2D eigenvalue weighted by Gasteiger charge is 2.22. The molecule has 0 heterocycles. The maximum absolute atomic E-state index is 11.8. The summed E-state index contributed by atoms with van der Waals surface area (Å²) in [5.41, 5.74) is 6.57. The van der Waals surface area contributed by atoms with Crippen LogP contribution in [-0.4, -0.2) is 11.0 Å². The second kappa shape index (κ2) is 7.09. The fourth-order valence-corrected chi connectivity index (χ4v) is 2.35. The molecule has 4 nitrogen and oxygen atoms in total. The lowest BCUT2D eigenvalue weighted by Crippen LogP contribution is -2.48. The normalized spacial score (nSPS) is 14.9. The summed E-state index contributed by atoms with van der Waals surface area (Å²) < 4.78 is 0. The van der Waals surface area contributed by atoms with Crippen LogP contribution in [0.15, 0.2) is 30.3 Å². The molecule has 0 bridgehead atoms. The van der Waals surface area contributed by atoms with E-state index in [4.69, 9.17) is 12.2 Å². The zero-order chi connectivity index (χ0) is 13.5. The molecule has 5 heteroatoms. The number of carbonyl (C=O) groups excluding carboxylic acids is 1. The van der Waals surface area contributed by atoms with Crippen LogP contribution in [0.2, 0.25) is 0 Å². The van der Waals surface area contributed by atoms with Gasteiger partial charge in [-0.25, -0.2) is 0 Å². The van der Waals surface area contributed by atoms with Crippen molar-refractivity contribution < 1.29 is 4.79 Å². The van der Waals surface area contributed by atoms with Crippen LogP contribution in [0.25, 0.3) is 0 Å². The Morgan fingerprint density at radius 2 is 1.84 bits per heavy atom. The minimum atomic E-state index is 0.0429. The van der Waals surface area contributed by atoms with Crippen molar-refractivity contribution in [2.45, 2.75) is 32.2 Å². The van der Waals surface area contributed by atoms with E-state index >= 15 is 0 Å². The predicted molar refractivity (Wildman–Crippen MR) is 79.1 cm³/mol. The second-order valence-corrected chi connectivity index (χ2v) is 5.17. The SMILES string of the molecule is O=C(NNC(=S)NCc1ccccc1)C1CCCC1. The molecule has 1 aliphatic rings. The molecular weight excluding hydrogens is 258 g/mol. The molecule has 1 aromatic rings. The summed E-state index contributed by atoms with van der Waals surface area (Å²) in [7, 11) is 0. The van der Waals surface area contributed by atoms with Crippen LogP contribution in [0.1, 0.15) is 31.2 Å². The Kier molecular flexibility index (Phi) is 5.15. The van der Waals surface area contributed by atoms with Crippen molar-refractivity contribution in [3.05, 3.63) is 35.9 Å². The van der Waals surface area contributed by atoms with Gasteiger partial charge in [0.2, 0.25) is 5.91 Å². The van der Waals surface area contributed by atoms with E-state index in [0.717, 1.165) is 31.2 Å². The van der Waals surface area contributed by atoms with Crippen LogP contribution < -0.4 is 16.2 Å². The Morgan fingerprint density at radius 3 is 2.53 bits per heavy atom. The van der Waals surface area contributed by atoms with E-state index in [1.54, 1.807) is 0 Å². The molecule has 3 N–H and O–H groups in total. The monoisotopic (exact) mass is 277 g/mol. The molecule has 0 spiro atoms. The molecule has 1 saturated carbocycles. The third-order valence-electron chi connectivity index (χ3n) is 3.32.